The Labute approximate surface area is 252 Å². The Bertz CT molecular complexity index is 1450. The fourth-order valence-electron chi connectivity index (χ4n) is 8.35. The Morgan fingerprint density at radius 3 is 2.64 bits per heavy atom. The highest BCUT2D eigenvalue weighted by molar-refractivity contribution is 8.14. The van der Waals surface area contributed by atoms with Gasteiger partial charge in [-0.1, -0.05) is 61.2 Å². The van der Waals surface area contributed by atoms with E-state index in [-0.39, 0.29) is 42.8 Å². The van der Waals surface area contributed by atoms with Crippen molar-refractivity contribution in [1.82, 2.24) is 0 Å². The van der Waals surface area contributed by atoms with Crippen molar-refractivity contribution in [2.75, 3.05) is 12.4 Å². The van der Waals surface area contributed by atoms with E-state index in [0.717, 1.165) is 17.8 Å². The van der Waals surface area contributed by atoms with Crippen LogP contribution in [0.2, 0.25) is 5.02 Å². The van der Waals surface area contributed by atoms with Gasteiger partial charge in [0.2, 0.25) is 5.12 Å². The monoisotopic (exact) mass is 618 g/mol. The zero-order valence-electron chi connectivity index (χ0n) is 23.5. The summed E-state index contributed by atoms with van der Waals surface area (Å²) in [7, 11) is 0. The maximum Gasteiger partial charge on any atom is 0.339 e. The molecule has 4 aliphatic carbocycles. The summed E-state index contributed by atoms with van der Waals surface area (Å²) in [5, 5.41) is 20.5. The molecule has 42 heavy (non-hydrogen) atoms. The van der Waals surface area contributed by atoms with Gasteiger partial charge in [0.25, 0.3) is 0 Å². The second-order valence-electron chi connectivity index (χ2n) is 12.2. The van der Waals surface area contributed by atoms with Gasteiger partial charge in [0.15, 0.2) is 17.1 Å². The number of allylic oxidation sites excluding steroid dienone is 4. The minimum absolute atomic E-state index is 0.00943. The average Bonchev–Trinajstić information content (AvgIpc) is 3.16. The highest BCUT2D eigenvalue weighted by atomic mass is 35.5. The molecule has 3 saturated carbocycles. The Kier molecular flexibility index (Phi) is 8.02. The average molecular weight is 619 g/mol. The lowest BCUT2D eigenvalue weighted by molar-refractivity contribution is -0.221. The van der Waals surface area contributed by atoms with Gasteiger partial charge in [-0.3, -0.25) is 9.59 Å². The van der Waals surface area contributed by atoms with Crippen LogP contribution in [0.25, 0.3) is 0 Å². The van der Waals surface area contributed by atoms with Gasteiger partial charge in [-0.2, -0.15) is 0 Å². The molecule has 5 rings (SSSR count). The first-order chi connectivity index (χ1) is 19.8. The van der Waals surface area contributed by atoms with Crippen molar-refractivity contribution in [3.8, 4) is 11.8 Å². The van der Waals surface area contributed by atoms with E-state index in [0.29, 0.717) is 5.02 Å². The van der Waals surface area contributed by atoms with Crippen LogP contribution < -0.4 is 0 Å². The fraction of sp³-hybridized carbons (Fsp3) is 0.531. The van der Waals surface area contributed by atoms with Crippen LogP contribution >= 0.6 is 23.4 Å². The fourth-order valence-corrected chi connectivity index (χ4v) is 9.54. The van der Waals surface area contributed by atoms with Crippen LogP contribution in [0.1, 0.15) is 50.4 Å². The van der Waals surface area contributed by atoms with Crippen molar-refractivity contribution in [3.63, 3.8) is 0 Å². The molecule has 2 N–H and O–H groups in total. The largest absolute Gasteiger partial charge is 0.446 e. The van der Waals surface area contributed by atoms with E-state index in [1.165, 1.54) is 31.2 Å². The first-order valence-electron chi connectivity index (χ1n) is 13.9. The predicted molar refractivity (Wildman–Crippen MR) is 155 cm³/mol. The zero-order valence-corrected chi connectivity index (χ0v) is 25.1. The molecule has 0 radical (unpaired) electrons. The number of fused-ring (bicyclic) bond motifs is 5. The van der Waals surface area contributed by atoms with E-state index in [9.17, 15) is 19.5 Å². The molecule has 1 aromatic rings. The molecule has 0 unspecified atom stereocenters. The Hall–Kier alpha value is -2.51. The second kappa shape index (κ2) is 10.9. The van der Waals surface area contributed by atoms with Gasteiger partial charge in [-0.25, -0.2) is 13.6 Å². The lowest BCUT2D eigenvalue weighted by Gasteiger charge is -2.63. The second-order valence-corrected chi connectivity index (χ2v) is 13.6. The molecule has 0 amide bonds. The Morgan fingerprint density at radius 1 is 1.21 bits per heavy atom. The van der Waals surface area contributed by atoms with Crippen LogP contribution in [-0.4, -0.2) is 63.0 Å². The maximum atomic E-state index is 17.6. The van der Waals surface area contributed by atoms with Crippen molar-refractivity contribution in [1.29, 1.82) is 0 Å². The SMILES string of the molecule is C[C@@H]1C[C@H]2[C@@H]3C[C@H](F)C4=CC(=O)C=C[C@]4(C)[C@@]3(F)[C@@H](O)C[C@]2(C)[C@@]1(OC(=O)c1cccc(Cl)c1)C(=O)SCC#CCO. The number of carbonyl (C=O) groups is 3. The van der Waals surface area contributed by atoms with E-state index >= 15 is 8.78 Å². The van der Waals surface area contributed by atoms with Gasteiger partial charge in [0.1, 0.15) is 12.8 Å². The number of hydrogen-bond donors (Lipinski definition) is 2. The number of carbonyl (C=O) groups excluding carboxylic acids is 3. The molecule has 0 aliphatic heterocycles. The first kappa shape index (κ1) is 30.9. The minimum Gasteiger partial charge on any atom is -0.446 e. The third-order valence-corrected chi connectivity index (χ3v) is 11.4. The van der Waals surface area contributed by atoms with Crippen LogP contribution in [0.4, 0.5) is 8.78 Å². The summed E-state index contributed by atoms with van der Waals surface area (Å²) < 4.78 is 39.7. The van der Waals surface area contributed by atoms with Crippen LogP contribution in [-0.2, 0) is 14.3 Å². The molecule has 6 nitrogen and oxygen atoms in total. The first-order valence-corrected chi connectivity index (χ1v) is 15.3. The molecule has 10 heteroatoms. The van der Waals surface area contributed by atoms with Crippen LogP contribution in [0, 0.1) is 40.4 Å². The molecule has 4 aliphatic rings. The van der Waals surface area contributed by atoms with Gasteiger partial charge in [-0.15, -0.1) is 0 Å². The molecular weight excluding hydrogens is 586 g/mol. The van der Waals surface area contributed by atoms with E-state index in [4.69, 9.17) is 21.4 Å². The topological polar surface area (TPSA) is 101 Å². The number of esters is 1. The molecule has 9 atom stereocenters. The number of alkyl halides is 2. The van der Waals surface area contributed by atoms with Gasteiger partial charge >= 0.3 is 5.97 Å². The quantitative estimate of drug-likeness (QED) is 0.360. The molecule has 1 aromatic carbocycles. The van der Waals surface area contributed by atoms with E-state index in [1.807, 2.05) is 0 Å². The summed E-state index contributed by atoms with van der Waals surface area (Å²) in [5.41, 5.74) is -6.87. The summed E-state index contributed by atoms with van der Waals surface area (Å²) in [6.07, 6.45) is 0.114. The van der Waals surface area contributed by atoms with Gasteiger partial charge in [0.05, 0.1) is 17.4 Å². The van der Waals surface area contributed by atoms with E-state index < -0.39 is 69.0 Å². The summed E-state index contributed by atoms with van der Waals surface area (Å²) in [6, 6.07) is 6.10. The smallest absolute Gasteiger partial charge is 0.339 e. The van der Waals surface area contributed by atoms with Crippen LogP contribution in [0.5, 0.6) is 0 Å². The molecule has 0 bridgehead atoms. The number of aliphatic hydroxyl groups is 2. The lowest BCUT2D eigenvalue weighted by Crippen LogP contribution is -2.70. The third kappa shape index (κ3) is 4.32. The molecule has 224 valence electrons. The molecular formula is C32H33ClF2O6S. The van der Waals surface area contributed by atoms with Gasteiger partial charge < -0.3 is 14.9 Å². The maximum absolute atomic E-state index is 17.6. The zero-order chi connectivity index (χ0) is 30.7. The minimum atomic E-state index is -2.33. The highest BCUT2D eigenvalue weighted by Crippen LogP contribution is 2.72. The van der Waals surface area contributed by atoms with Crippen molar-refractivity contribution in [2.24, 2.45) is 28.6 Å². The summed E-state index contributed by atoms with van der Waals surface area (Å²) in [4.78, 5) is 39.9. The number of ketones is 1. The standard InChI is InChI=1S/C32H33ClF2O6S/c1-18-13-22-23-16-25(34)24-15-21(37)9-10-29(24,2)31(23,35)26(38)17-30(22,3)32(18,28(40)42-12-5-4-11-36)41-27(39)19-7-6-8-20(33)14-19/h6-10,14-15,18,22-23,25-26,36,38H,11-13,16-17H2,1-3H3/t18-,22+,23+,25+,26+,29+,30+,31+,32+/m1/s1. The van der Waals surface area contributed by atoms with E-state index in [2.05, 4.69) is 11.8 Å². The normalized spacial score (nSPS) is 40.1. The number of halogens is 3. The van der Waals surface area contributed by atoms with Crippen molar-refractivity contribution in [3.05, 3.63) is 58.7 Å². The van der Waals surface area contributed by atoms with Crippen molar-refractivity contribution < 1.29 is 38.1 Å². The molecule has 0 heterocycles. The van der Waals surface area contributed by atoms with Crippen molar-refractivity contribution >= 4 is 40.2 Å². The summed E-state index contributed by atoms with van der Waals surface area (Å²) >= 11 is 6.94. The number of thioether (sulfide) groups is 1. The molecule has 0 saturated heterocycles. The number of aliphatic hydroxyl groups excluding tert-OH is 2. The number of benzene rings is 1. The Balaban J connectivity index is 1.62. The van der Waals surface area contributed by atoms with Gasteiger partial charge in [-0.05, 0) is 68.0 Å². The summed E-state index contributed by atoms with van der Waals surface area (Å²) in [6.45, 7) is 4.60. The number of hydrogen-bond acceptors (Lipinski definition) is 7. The lowest BCUT2D eigenvalue weighted by atomic mass is 9.44. The molecule has 0 aromatic heterocycles. The van der Waals surface area contributed by atoms with Crippen molar-refractivity contribution in [2.45, 2.75) is 63.6 Å². The highest BCUT2D eigenvalue weighted by Gasteiger charge is 2.78. The van der Waals surface area contributed by atoms with Crippen LogP contribution in [0.3, 0.4) is 0 Å². The Morgan fingerprint density at radius 2 is 1.95 bits per heavy atom. The molecule has 3 fully saturated rings. The third-order valence-electron chi connectivity index (χ3n) is 10.3. The van der Waals surface area contributed by atoms with Crippen LogP contribution in [0.15, 0.2) is 48.1 Å². The summed E-state index contributed by atoms with van der Waals surface area (Å²) in [5.74, 6) is 1.64. The number of rotatable bonds is 4. The van der Waals surface area contributed by atoms with Gasteiger partial charge in [0, 0.05) is 27.7 Å². The molecule has 0 spiro atoms. The van der Waals surface area contributed by atoms with E-state index in [1.54, 1.807) is 26.0 Å². The predicted octanol–water partition coefficient (Wildman–Crippen LogP) is 5.06. The number of ether oxygens (including phenoxy) is 1.